The maximum atomic E-state index is 2.40. The second-order valence-corrected chi connectivity index (χ2v) is 9.53. The van der Waals surface area contributed by atoms with Crippen molar-refractivity contribution >= 4 is 32.6 Å². The highest BCUT2D eigenvalue weighted by molar-refractivity contribution is 6.09. The first-order valence-electron chi connectivity index (χ1n) is 11.9. The lowest BCUT2D eigenvalue weighted by atomic mass is 9.91. The Balaban J connectivity index is 1.71. The van der Waals surface area contributed by atoms with Gasteiger partial charge in [-0.25, -0.2) is 4.57 Å². The summed E-state index contributed by atoms with van der Waals surface area (Å²) in [7, 11) is 2.16. The molecule has 0 spiro atoms. The number of nitrogens with zero attached hydrogens (tertiary/aromatic N) is 2. The summed E-state index contributed by atoms with van der Waals surface area (Å²) in [6.45, 7) is 8.95. The van der Waals surface area contributed by atoms with Crippen LogP contribution in [0.1, 0.15) is 22.3 Å². The highest BCUT2D eigenvalue weighted by Crippen LogP contribution is 2.36. The SMILES string of the molecule is Cc1cc(-c2c3cc(-n4c5ccccc5c5ccccc54)ccc3cc[n+]2C)c(C)c(C)c1C. The number of hydrogen-bond donors (Lipinski definition) is 0. The van der Waals surface area contributed by atoms with E-state index in [1.165, 1.54) is 71.8 Å². The summed E-state index contributed by atoms with van der Waals surface area (Å²) >= 11 is 0. The van der Waals surface area contributed by atoms with Crippen LogP contribution < -0.4 is 4.57 Å². The standard InChI is InChI=1S/C32H29N2/c1-20-18-28(23(4)22(3)21(20)2)32-29-19-25(15-14-24(29)16-17-33(32)5)34-30-12-8-6-10-26(30)27-11-7-9-13-31(27)34/h6-19H,1-5H3/q+1. The Morgan fingerprint density at radius 2 is 1.26 bits per heavy atom. The molecule has 6 aromatic rings. The Kier molecular flexibility index (Phi) is 4.60. The van der Waals surface area contributed by atoms with Crippen LogP contribution in [0.15, 0.2) is 85.1 Å². The molecule has 166 valence electrons. The fraction of sp³-hybridized carbons (Fsp3) is 0.156. The van der Waals surface area contributed by atoms with E-state index >= 15 is 0 Å². The topological polar surface area (TPSA) is 8.81 Å². The average molecular weight is 442 g/mol. The van der Waals surface area contributed by atoms with Crippen molar-refractivity contribution in [3.05, 3.63) is 107 Å². The maximum Gasteiger partial charge on any atom is 0.220 e. The second-order valence-electron chi connectivity index (χ2n) is 9.53. The van der Waals surface area contributed by atoms with E-state index in [0.29, 0.717) is 0 Å². The molecular formula is C32H29N2+. The summed E-state index contributed by atoms with van der Waals surface area (Å²) < 4.78 is 4.67. The van der Waals surface area contributed by atoms with Crippen molar-refractivity contribution < 1.29 is 4.57 Å². The van der Waals surface area contributed by atoms with Crippen molar-refractivity contribution in [2.45, 2.75) is 27.7 Å². The first-order valence-corrected chi connectivity index (χ1v) is 11.9. The predicted molar refractivity (Wildman–Crippen MR) is 144 cm³/mol. The zero-order valence-corrected chi connectivity index (χ0v) is 20.5. The summed E-state index contributed by atoms with van der Waals surface area (Å²) in [5.74, 6) is 0. The normalized spacial score (nSPS) is 11.7. The molecule has 0 unspecified atom stereocenters. The first kappa shape index (κ1) is 20.7. The lowest BCUT2D eigenvalue weighted by molar-refractivity contribution is -0.659. The zero-order valence-electron chi connectivity index (χ0n) is 20.5. The van der Waals surface area contributed by atoms with Crippen LogP contribution >= 0.6 is 0 Å². The summed E-state index contributed by atoms with van der Waals surface area (Å²) in [5, 5.41) is 5.11. The van der Waals surface area contributed by atoms with Gasteiger partial charge in [-0.15, -0.1) is 0 Å². The van der Waals surface area contributed by atoms with Gasteiger partial charge < -0.3 is 4.57 Å². The summed E-state index contributed by atoms with van der Waals surface area (Å²) in [5.41, 5.74) is 11.7. The number of aryl methyl sites for hydroxylation is 2. The van der Waals surface area contributed by atoms with Gasteiger partial charge in [0.05, 0.1) is 22.0 Å². The van der Waals surface area contributed by atoms with E-state index in [4.69, 9.17) is 0 Å². The third-order valence-electron chi connectivity index (χ3n) is 7.70. The van der Waals surface area contributed by atoms with Crippen LogP contribution in [-0.2, 0) is 7.05 Å². The van der Waals surface area contributed by atoms with Gasteiger partial charge in [0, 0.05) is 22.5 Å². The third-order valence-corrected chi connectivity index (χ3v) is 7.70. The number of hydrogen-bond acceptors (Lipinski definition) is 0. The molecule has 0 aliphatic carbocycles. The van der Waals surface area contributed by atoms with Crippen LogP contribution in [-0.4, -0.2) is 4.57 Å². The van der Waals surface area contributed by atoms with E-state index in [9.17, 15) is 0 Å². The largest absolute Gasteiger partial charge is 0.309 e. The molecule has 6 rings (SSSR count). The fourth-order valence-corrected chi connectivity index (χ4v) is 5.48. The number of rotatable bonds is 2. The van der Waals surface area contributed by atoms with Gasteiger partial charge in [-0.1, -0.05) is 42.5 Å². The van der Waals surface area contributed by atoms with E-state index in [1.807, 2.05) is 0 Å². The lowest BCUT2D eigenvalue weighted by Gasteiger charge is -2.15. The Morgan fingerprint density at radius 3 is 1.94 bits per heavy atom. The molecule has 0 saturated carbocycles. The smallest absolute Gasteiger partial charge is 0.220 e. The number of benzene rings is 4. The molecule has 0 aliphatic rings. The van der Waals surface area contributed by atoms with E-state index < -0.39 is 0 Å². The zero-order chi connectivity index (χ0) is 23.6. The van der Waals surface area contributed by atoms with E-state index in [-0.39, 0.29) is 0 Å². The summed E-state index contributed by atoms with van der Waals surface area (Å²) in [6, 6.07) is 28.9. The van der Waals surface area contributed by atoms with Gasteiger partial charge in [-0.05, 0) is 85.7 Å². The van der Waals surface area contributed by atoms with Gasteiger partial charge in [-0.2, -0.15) is 0 Å². The number of fused-ring (bicyclic) bond motifs is 4. The minimum Gasteiger partial charge on any atom is -0.309 e. The van der Waals surface area contributed by atoms with Crippen molar-refractivity contribution in [1.29, 1.82) is 0 Å². The minimum atomic E-state index is 1.19. The summed E-state index contributed by atoms with van der Waals surface area (Å²) in [4.78, 5) is 0. The van der Waals surface area contributed by atoms with Gasteiger partial charge in [-0.3, -0.25) is 0 Å². The third kappa shape index (κ3) is 2.92. The highest BCUT2D eigenvalue weighted by Gasteiger charge is 2.21. The molecular weight excluding hydrogens is 412 g/mol. The van der Waals surface area contributed by atoms with Crippen molar-refractivity contribution in [2.75, 3.05) is 0 Å². The molecule has 0 aliphatic heterocycles. The minimum absolute atomic E-state index is 1.19. The quantitative estimate of drug-likeness (QED) is 0.244. The van der Waals surface area contributed by atoms with Gasteiger partial charge in [0.15, 0.2) is 6.20 Å². The van der Waals surface area contributed by atoms with Crippen molar-refractivity contribution in [1.82, 2.24) is 4.57 Å². The molecule has 0 atom stereocenters. The molecule has 0 fully saturated rings. The van der Waals surface area contributed by atoms with Crippen LogP contribution in [0, 0.1) is 27.7 Å². The van der Waals surface area contributed by atoms with Gasteiger partial charge >= 0.3 is 0 Å². The molecule has 2 nitrogen and oxygen atoms in total. The first-order chi connectivity index (χ1) is 16.5. The number of para-hydroxylation sites is 2. The summed E-state index contributed by atoms with van der Waals surface area (Å²) in [6.07, 6.45) is 2.18. The Bertz CT molecular complexity index is 1700. The average Bonchev–Trinajstić information content (AvgIpc) is 3.19. The molecule has 0 amide bonds. The van der Waals surface area contributed by atoms with Crippen LogP contribution in [0.2, 0.25) is 0 Å². The fourth-order valence-electron chi connectivity index (χ4n) is 5.48. The monoisotopic (exact) mass is 441 g/mol. The molecule has 2 heterocycles. The number of pyridine rings is 1. The highest BCUT2D eigenvalue weighted by atomic mass is 15.0. The molecule has 34 heavy (non-hydrogen) atoms. The van der Waals surface area contributed by atoms with Gasteiger partial charge in [0.25, 0.3) is 0 Å². The van der Waals surface area contributed by atoms with Gasteiger partial charge in [0.2, 0.25) is 5.69 Å². The lowest BCUT2D eigenvalue weighted by Crippen LogP contribution is -2.31. The molecule has 0 radical (unpaired) electrons. The Labute approximate surface area is 200 Å². The van der Waals surface area contributed by atoms with Crippen molar-refractivity contribution in [2.24, 2.45) is 7.05 Å². The van der Waals surface area contributed by atoms with Gasteiger partial charge in [0.1, 0.15) is 7.05 Å². The van der Waals surface area contributed by atoms with E-state index in [2.05, 4.69) is 129 Å². The predicted octanol–water partition coefficient (Wildman–Crippen LogP) is 7.66. The molecule has 4 aromatic carbocycles. The Hall–Kier alpha value is -3.91. The van der Waals surface area contributed by atoms with Crippen LogP contribution in [0.3, 0.4) is 0 Å². The van der Waals surface area contributed by atoms with Crippen LogP contribution in [0.25, 0.3) is 49.5 Å². The maximum absolute atomic E-state index is 2.40. The van der Waals surface area contributed by atoms with Crippen LogP contribution in [0.4, 0.5) is 0 Å². The van der Waals surface area contributed by atoms with E-state index in [0.717, 1.165) is 0 Å². The van der Waals surface area contributed by atoms with Crippen molar-refractivity contribution in [3.63, 3.8) is 0 Å². The molecule has 0 saturated heterocycles. The molecule has 2 heteroatoms. The number of aromatic nitrogens is 2. The molecule has 0 N–H and O–H groups in total. The van der Waals surface area contributed by atoms with Crippen LogP contribution in [0.5, 0.6) is 0 Å². The molecule has 0 bridgehead atoms. The second kappa shape index (κ2) is 7.56. The van der Waals surface area contributed by atoms with Crippen molar-refractivity contribution in [3.8, 4) is 16.9 Å². The Morgan fingerprint density at radius 1 is 0.618 bits per heavy atom. The van der Waals surface area contributed by atoms with E-state index in [1.54, 1.807) is 0 Å². The molecule has 2 aromatic heterocycles.